The summed E-state index contributed by atoms with van der Waals surface area (Å²) in [6, 6.07) is 10.1. The van der Waals surface area contributed by atoms with Gasteiger partial charge in [-0.1, -0.05) is 23.4 Å². The smallest absolute Gasteiger partial charge is 0.261 e. The van der Waals surface area contributed by atoms with Crippen LogP contribution in [0.4, 0.5) is 5.69 Å². The summed E-state index contributed by atoms with van der Waals surface area (Å²) >= 11 is 1.14. The van der Waals surface area contributed by atoms with Gasteiger partial charge in [0.1, 0.15) is 0 Å². The van der Waals surface area contributed by atoms with Crippen molar-refractivity contribution in [3.05, 3.63) is 63.4 Å². The molecule has 1 aromatic heterocycles. The van der Waals surface area contributed by atoms with E-state index in [2.05, 4.69) is 10.3 Å². The molecule has 0 spiro atoms. The van der Waals surface area contributed by atoms with Gasteiger partial charge in [-0.15, -0.1) is 0 Å². The summed E-state index contributed by atoms with van der Waals surface area (Å²) in [5.74, 6) is -1.04. The molecular weight excluding hydrogens is 404 g/mol. The van der Waals surface area contributed by atoms with Crippen LogP contribution >= 0.6 is 11.8 Å². The topological polar surface area (TPSA) is 101 Å². The molecule has 1 aliphatic rings. The quantitative estimate of drug-likeness (QED) is 0.393. The minimum Gasteiger partial charge on any atom is -0.325 e. The lowest BCUT2D eigenvalue weighted by Gasteiger charge is -2.10. The lowest BCUT2D eigenvalue weighted by molar-refractivity contribution is -0.113. The van der Waals surface area contributed by atoms with Crippen molar-refractivity contribution in [3.8, 4) is 0 Å². The highest BCUT2D eigenvalue weighted by molar-refractivity contribution is 7.99. The maximum absolute atomic E-state index is 12.6. The number of aromatic nitrogens is 2. The maximum atomic E-state index is 12.6. The second-order valence-electron chi connectivity index (χ2n) is 7.05. The lowest BCUT2D eigenvalue weighted by Crippen LogP contribution is -2.24. The zero-order valence-electron chi connectivity index (χ0n) is 16.6. The number of benzene rings is 2. The molecule has 0 aliphatic carbocycles. The Bertz CT molecular complexity index is 1300. The molecule has 9 heteroatoms. The lowest BCUT2D eigenvalue weighted by atomic mass is 10.1. The van der Waals surface area contributed by atoms with Crippen molar-refractivity contribution in [2.45, 2.75) is 12.1 Å². The fraction of sp³-hybridized carbons (Fsp3) is 0.190. The Morgan fingerprint density at radius 2 is 1.77 bits per heavy atom. The van der Waals surface area contributed by atoms with Gasteiger partial charge >= 0.3 is 0 Å². The molecule has 0 bridgehead atoms. The fourth-order valence-corrected chi connectivity index (χ4v) is 4.03. The summed E-state index contributed by atoms with van der Waals surface area (Å²) in [6.45, 7) is 1.91. The van der Waals surface area contributed by atoms with Crippen molar-refractivity contribution >= 4 is 46.1 Å². The van der Waals surface area contributed by atoms with Crippen LogP contribution in [0.1, 0.15) is 26.3 Å². The highest BCUT2D eigenvalue weighted by Crippen LogP contribution is 2.25. The minimum absolute atomic E-state index is 0.0293. The Labute approximate surface area is 175 Å². The number of hydrogen-bond acceptors (Lipinski definition) is 6. The fourth-order valence-electron chi connectivity index (χ4n) is 3.26. The molecule has 4 rings (SSSR count). The van der Waals surface area contributed by atoms with E-state index in [1.54, 1.807) is 25.2 Å². The average Bonchev–Trinajstić information content (AvgIpc) is 2.94. The standard InChI is InChI=1S/C21H18N4O4S/c1-11-4-7-16-15(8-11)20(29)25(3)21(23-16)30-10-17(26)22-12-5-6-13-14(9-12)19(28)24(2)18(13)27/h4-9H,10H2,1-3H3,(H,22,26). The van der Waals surface area contributed by atoms with E-state index in [4.69, 9.17) is 0 Å². The number of carbonyl (C=O) groups is 3. The van der Waals surface area contributed by atoms with Crippen LogP contribution in [0.5, 0.6) is 0 Å². The molecule has 0 atom stereocenters. The van der Waals surface area contributed by atoms with E-state index in [0.29, 0.717) is 27.3 Å². The van der Waals surface area contributed by atoms with Crippen molar-refractivity contribution in [1.82, 2.24) is 14.5 Å². The molecule has 2 heterocycles. The van der Waals surface area contributed by atoms with Crippen LogP contribution in [-0.4, -0.2) is 45.0 Å². The van der Waals surface area contributed by atoms with Gasteiger partial charge in [-0.05, 0) is 37.3 Å². The van der Waals surface area contributed by atoms with Crippen LogP contribution in [0, 0.1) is 6.92 Å². The number of fused-ring (bicyclic) bond motifs is 2. The van der Waals surface area contributed by atoms with E-state index in [1.807, 2.05) is 13.0 Å². The van der Waals surface area contributed by atoms with Gasteiger partial charge in [0.15, 0.2) is 5.16 Å². The first-order valence-electron chi connectivity index (χ1n) is 9.12. The number of imide groups is 1. The zero-order chi connectivity index (χ0) is 21.6. The van der Waals surface area contributed by atoms with Crippen molar-refractivity contribution in [3.63, 3.8) is 0 Å². The third-order valence-corrected chi connectivity index (χ3v) is 5.93. The normalized spacial score (nSPS) is 13.1. The predicted molar refractivity (Wildman–Crippen MR) is 114 cm³/mol. The average molecular weight is 422 g/mol. The zero-order valence-corrected chi connectivity index (χ0v) is 17.4. The van der Waals surface area contributed by atoms with Crippen LogP contribution in [-0.2, 0) is 11.8 Å². The molecule has 3 aromatic rings. The molecule has 1 N–H and O–H groups in total. The van der Waals surface area contributed by atoms with Crippen LogP contribution in [0.3, 0.4) is 0 Å². The SMILES string of the molecule is Cc1ccc2nc(SCC(=O)Nc3ccc4c(c3)C(=O)N(C)C4=O)n(C)c(=O)c2c1. The molecule has 3 amide bonds. The molecule has 152 valence electrons. The van der Waals surface area contributed by atoms with Gasteiger partial charge in [0.25, 0.3) is 17.4 Å². The Morgan fingerprint density at radius 3 is 2.53 bits per heavy atom. The van der Waals surface area contributed by atoms with E-state index >= 15 is 0 Å². The van der Waals surface area contributed by atoms with E-state index in [9.17, 15) is 19.2 Å². The van der Waals surface area contributed by atoms with Gasteiger partial charge in [0, 0.05) is 19.8 Å². The van der Waals surface area contributed by atoms with E-state index in [1.165, 1.54) is 23.7 Å². The molecular formula is C21H18N4O4S. The number of thioether (sulfide) groups is 1. The van der Waals surface area contributed by atoms with Gasteiger partial charge < -0.3 is 5.32 Å². The van der Waals surface area contributed by atoms with Gasteiger partial charge in [-0.3, -0.25) is 28.6 Å². The number of aryl methyl sites for hydroxylation is 1. The summed E-state index contributed by atoms with van der Waals surface area (Å²) < 4.78 is 1.43. The molecule has 0 radical (unpaired) electrons. The number of hydrogen-bond donors (Lipinski definition) is 1. The van der Waals surface area contributed by atoms with Crippen molar-refractivity contribution in [2.24, 2.45) is 7.05 Å². The van der Waals surface area contributed by atoms with E-state index in [0.717, 1.165) is 22.2 Å². The molecule has 0 unspecified atom stereocenters. The molecule has 2 aromatic carbocycles. The Morgan fingerprint density at radius 1 is 1.03 bits per heavy atom. The highest BCUT2D eigenvalue weighted by atomic mass is 32.2. The second kappa shape index (κ2) is 7.42. The number of nitrogens with one attached hydrogen (secondary N) is 1. The van der Waals surface area contributed by atoms with Crippen molar-refractivity contribution < 1.29 is 14.4 Å². The van der Waals surface area contributed by atoms with Gasteiger partial charge in [-0.2, -0.15) is 0 Å². The third kappa shape index (κ3) is 3.37. The second-order valence-corrected chi connectivity index (χ2v) is 7.99. The number of anilines is 1. The van der Waals surface area contributed by atoms with Gasteiger partial charge in [-0.25, -0.2) is 4.98 Å². The summed E-state index contributed by atoms with van der Waals surface area (Å²) in [4.78, 5) is 54.5. The molecule has 0 saturated carbocycles. The Balaban J connectivity index is 1.49. The van der Waals surface area contributed by atoms with E-state index < -0.39 is 5.91 Å². The van der Waals surface area contributed by atoms with Gasteiger partial charge in [0.2, 0.25) is 5.91 Å². The summed E-state index contributed by atoms with van der Waals surface area (Å²) in [7, 11) is 3.04. The first kappa shape index (κ1) is 19.8. The van der Waals surface area contributed by atoms with Crippen molar-refractivity contribution in [1.29, 1.82) is 0 Å². The number of carbonyl (C=O) groups excluding carboxylic acids is 3. The number of rotatable bonds is 4. The Kier molecular flexibility index (Phi) is 4.90. The summed E-state index contributed by atoms with van der Waals surface area (Å²) in [5.41, 5.74) is 2.39. The first-order chi connectivity index (χ1) is 14.3. The van der Waals surface area contributed by atoms with Crippen LogP contribution < -0.4 is 10.9 Å². The molecule has 0 fully saturated rings. The third-order valence-electron chi connectivity index (χ3n) is 4.90. The van der Waals surface area contributed by atoms with Gasteiger partial charge in [0.05, 0.1) is 27.8 Å². The van der Waals surface area contributed by atoms with Crippen LogP contribution in [0.2, 0.25) is 0 Å². The highest BCUT2D eigenvalue weighted by Gasteiger charge is 2.32. The molecule has 0 saturated heterocycles. The van der Waals surface area contributed by atoms with Crippen molar-refractivity contribution in [2.75, 3.05) is 18.1 Å². The van der Waals surface area contributed by atoms with Crippen LogP contribution in [0.25, 0.3) is 10.9 Å². The number of amides is 3. The molecule has 8 nitrogen and oxygen atoms in total. The Hall–Kier alpha value is -3.46. The summed E-state index contributed by atoms with van der Waals surface area (Å²) in [6.07, 6.45) is 0. The predicted octanol–water partition coefficient (Wildman–Crippen LogP) is 2.20. The van der Waals surface area contributed by atoms with E-state index in [-0.39, 0.29) is 28.7 Å². The largest absolute Gasteiger partial charge is 0.325 e. The minimum atomic E-state index is -0.397. The molecule has 1 aliphatic heterocycles. The molecule has 30 heavy (non-hydrogen) atoms. The monoisotopic (exact) mass is 422 g/mol. The first-order valence-corrected chi connectivity index (χ1v) is 10.1. The van der Waals surface area contributed by atoms with Crippen LogP contribution in [0.15, 0.2) is 46.3 Å². The summed E-state index contributed by atoms with van der Waals surface area (Å²) in [5, 5.41) is 3.68. The number of nitrogens with zero attached hydrogens (tertiary/aromatic N) is 3. The maximum Gasteiger partial charge on any atom is 0.261 e.